The second-order valence-corrected chi connectivity index (χ2v) is 10.1. The van der Waals surface area contributed by atoms with Crippen LogP contribution >= 0.6 is 11.3 Å². The lowest BCUT2D eigenvalue weighted by molar-refractivity contribution is -0.121. The molecule has 2 amide bonds. The standard InChI is InChI=1S/C21H27N3O4S2/c1-3-24(4-2)30(27,28)18-10-5-9-17(14-18)22-20(25)16-8-6-12-23(15-16)21(26)19-11-7-13-29-19/h5,7,9-11,13-14,16H,3-4,6,8,12,15H2,1-2H3,(H,22,25)/t16-/m1/s1. The minimum atomic E-state index is -3.60. The van der Waals surface area contributed by atoms with Crippen molar-refractivity contribution in [1.29, 1.82) is 0 Å². The van der Waals surface area contributed by atoms with E-state index in [2.05, 4.69) is 5.32 Å². The van der Waals surface area contributed by atoms with E-state index in [1.54, 1.807) is 36.9 Å². The molecule has 1 aliphatic heterocycles. The fraction of sp³-hybridized carbons (Fsp3) is 0.429. The molecule has 0 saturated carbocycles. The lowest BCUT2D eigenvalue weighted by Gasteiger charge is -2.31. The number of amides is 2. The molecule has 3 rings (SSSR count). The van der Waals surface area contributed by atoms with Crippen LogP contribution in [0.4, 0.5) is 5.69 Å². The van der Waals surface area contributed by atoms with Crippen molar-refractivity contribution in [3.8, 4) is 0 Å². The molecule has 9 heteroatoms. The van der Waals surface area contributed by atoms with Gasteiger partial charge in [-0.25, -0.2) is 8.42 Å². The highest BCUT2D eigenvalue weighted by atomic mass is 32.2. The van der Waals surface area contributed by atoms with Gasteiger partial charge in [0.25, 0.3) is 5.91 Å². The number of hydrogen-bond acceptors (Lipinski definition) is 5. The Morgan fingerprint density at radius 1 is 1.20 bits per heavy atom. The average Bonchev–Trinajstić information content (AvgIpc) is 3.29. The largest absolute Gasteiger partial charge is 0.337 e. The number of hydrogen-bond donors (Lipinski definition) is 1. The van der Waals surface area contributed by atoms with Crippen molar-refractivity contribution in [2.75, 3.05) is 31.5 Å². The highest BCUT2D eigenvalue weighted by Gasteiger charge is 2.29. The van der Waals surface area contributed by atoms with Gasteiger partial charge in [0.2, 0.25) is 15.9 Å². The number of piperidine rings is 1. The fourth-order valence-corrected chi connectivity index (χ4v) is 5.82. The molecule has 7 nitrogen and oxygen atoms in total. The van der Waals surface area contributed by atoms with Gasteiger partial charge in [-0.2, -0.15) is 4.31 Å². The van der Waals surface area contributed by atoms with E-state index in [9.17, 15) is 18.0 Å². The highest BCUT2D eigenvalue weighted by Crippen LogP contribution is 2.24. The van der Waals surface area contributed by atoms with Crippen molar-refractivity contribution in [1.82, 2.24) is 9.21 Å². The monoisotopic (exact) mass is 449 g/mol. The van der Waals surface area contributed by atoms with E-state index in [0.29, 0.717) is 43.2 Å². The summed E-state index contributed by atoms with van der Waals surface area (Å²) in [5, 5.41) is 4.70. The Kier molecular flexibility index (Phi) is 7.27. The Hall–Kier alpha value is -2.23. The fourth-order valence-electron chi connectivity index (χ4n) is 3.62. The molecule has 0 radical (unpaired) electrons. The van der Waals surface area contributed by atoms with Crippen LogP contribution in [0.5, 0.6) is 0 Å². The first-order valence-electron chi connectivity index (χ1n) is 10.1. The third kappa shape index (κ3) is 4.91. The van der Waals surface area contributed by atoms with Crippen molar-refractivity contribution in [3.63, 3.8) is 0 Å². The Morgan fingerprint density at radius 3 is 2.63 bits per heavy atom. The predicted molar refractivity (Wildman–Crippen MR) is 118 cm³/mol. The van der Waals surface area contributed by atoms with Crippen LogP contribution in [-0.2, 0) is 14.8 Å². The van der Waals surface area contributed by atoms with Gasteiger partial charge in [0.15, 0.2) is 0 Å². The van der Waals surface area contributed by atoms with E-state index in [4.69, 9.17) is 0 Å². The number of carbonyl (C=O) groups excluding carboxylic acids is 2. The minimum Gasteiger partial charge on any atom is -0.337 e. The van der Waals surface area contributed by atoms with Gasteiger partial charge in [-0.1, -0.05) is 26.0 Å². The molecular formula is C21H27N3O4S2. The summed E-state index contributed by atoms with van der Waals surface area (Å²) in [4.78, 5) is 28.0. The molecule has 1 aromatic carbocycles. The first-order chi connectivity index (χ1) is 14.4. The van der Waals surface area contributed by atoms with Crippen LogP contribution in [0.1, 0.15) is 36.4 Å². The third-order valence-electron chi connectivity index (χ3n) is 5.26. The lowest BCUT2D eigenvalue weighted by Crippen LogP contribution is -2.43. The van der Waals surface area contributed by atoms with E-state index in [0.717, 1.165) is 6.42 Å². The smallest absolute Gasteiger partial charge is 0.263 e. The molecule has 0 bridgehead atoms. The first-order valence-corrected chi connectivity index (χ1v) is 12.4. The maximum absolute atomic E-state index is 12.8. The van der Waals surface area contributed by atoms with Gasteiger partial charge in [-0.15, -0.1) is 11.3 Å². The maximum atomic E-state index is 12.8. The zero-order valence-corrected chi connectivity index (χ0v) is 18.8. The van der Waals surface area contributed by atoms with E-state index in [1.165, 1.54) is 27.8 Å². The molecule has 0 aliphatic carbocycles. The van der Waals surface area contributed by atoms with Gasteiger partial charge in [0, 0.05) is 31.9 Å². The van der Waals surface area contributed by atoms with Crippen molar-refractivity contribution in [2.45, 2.75) is 31.6 Å². The van der Waals surface area contributed by atoms with Gasteiger partial charge in [0.05, 0.1) is 15.7 Å². The molecule has 162 valence electrons. The summed E-state index contributed by atoms with van der Waals surface area (Å²) in [7, 11) is -3.60. The van der Waals surface area contributed by atoms with Gasteiger partial charge < -0.3 is 10.2 Å². The SMILES string of the molecule is CCN(CC)S(=O)(=O)c1cccc(NC(=O)[C@@H]2CCCN(C(=O)c3cccs3)C2)c1. The zero-order chi connectivity index (χ0) is 21.7. The average molecular weight is 450 g/mol. The Labute approximate surface area is 181 Å². The van der Waals surface area contributed by atoms with Crippen molar-refractivity contribution >= 4 is 38.9 Å². The molecule has 2 heterocycles. The number of rotatable bonds is 7. The maximum Gasteiger partial charge on any atom is 0.263 e. The quantitative estimate of drug-likeness (QED) is 0.703. The summed E-state index contributed by atoms with van der Waals surface area (Å²) < 4.78 is 26.8. The molecule has 1 saturated heterocycles. The zero-order valence-electron chi connectivity index (χ0n) is 17.2. The molecule has 0 unspecified atom stereocenters. The van der Waals surface area contributed by atoms with Gasteiger partial charge in [0.1, 0.15) is 0 Å². The van der Waals surface area contributed by atoms with Gasteiger partial charge in [-0.3, -0.25) is 9.59 Å². The molecule has 1 fully saturated rings. The third-order valence-corrected chi connectivity index (χ3v) is 8.16. The Morgan fingerprint density at radius 2 is 1.97 bits per heavy atom. The Bertz CT molecular complexity index is 985. The van der Waals surface area contributed by atoms with Gasteiger partial charge >= 0.3 is 0 Å². The summed E-state index contributed by atoms with van der Waals surface area (Å²) in [5.74, 6) is -0.573. The predicted octanol–water partition coefficient (Wildman–Crippen LogP) is 3.27. The first kappa shape index (κ1) is 22.5. The molecule has 1 aromatic heterocycles. The number of sulfonamides is 1. The van der Waals surface area contributed by atoms with Crippen LogP contribution in [0.2, 0.25) is 0 Å². The van der Waals surface area contributed by atoms with E-state index < -0.39 is 10.0 Å². The molecule has 2 aromatic rings. The van der Waals surface area contributed by atoms with Crippen LogP contribution in [0.15, 0.2) is 46.7 Å². The number of carbonyl (C=O) groups is 2. The second kappa shape index (κ2) is 9.72. The molecule has 1 N–H and O–H groups in total. The summed E-state index contributed by atoms with van der Waals surface area (Å²) in [5.41, 5.74) is 0.440. The summed E-state index contributed by atoms with van der Waals surface area (Å²) >= 11 is 1.39. The number of anilines is 1. The molecule has 30 heavy (non-hydrogen) atoms. The number of nitrogens with zero attached hydrogens (tertiary/aromatic N) is 2. The topological polar surface area (TPSA) is 86.8 Å². The van der Waals surface area contributed by atoms with Crippen LogP contribution < -0.4 is 5.32 Å². The number of benzene rings is 1. The minimum absolute atomic E-state index is 0.0465. The Balaban J connectivity index is 1.69. The van der Waals surface area contributed by atoms with Crippen molar-refractivity contribution < 1.29 is 18.0 Å². The molecular weight excluding hydrogens is 422 g/mol. The number of thiophene rings is 1. The van der Waals surface area contributed by atoms with Crippen molar-refractivity contribution in [3.05, 3.63) is 46.7 Å². The molecule has 0 spiro atoms. The summed E-state index contributed by atoms with van der Waals surface area (Å²) in [6.07, 6.45) is 1.45. The highest BCUT2D eigenvalue weighted by molar-refractivity contribution is 7.89. The number of likely N-dealkylation sites (tertiary alicyclic amines) is 1. The van der Waals surface area contributed by atoms with Crippen LogP contribution in [0.25, 0.3) is 0 Å². The number of nitrogens with one attached hydrogen (secondary N) is 1. The lowest BCUT2D eigenvalue weighted by atomic mass is 9.97. The van der Waals surface area contributed by atoms with E-state index in [1.807, 2.05) is 11.4 Å². The van der Waals surface area contributed by atoms with Crippen LogP contribution in [0.3, 0.4) is 0 Å². The molecule has 1 aliphatic rings. The van der Waals surface area contributed by atoms with E-state index in [-0.39, 0.29) is 22.6 Å². The normalized spacial score (nSPS) is 17.2. The van der Waals surface area contributed by atoms with Crippen LogP contribution in [0, 0.1) is 5.92 Å². The summed E-state index contributed by atoms with van der Waals surface area (Å²) in [6.45, 7) is 5.34. The van der Waals surface area contributed by atoms with Crippen LogP contribution in [-0.4, -0.2) is 55.6 Å². The molecule has 1 atom stereocenters. The second-order valence-electron chi connectivity index (χ2n) is 7.17. The van der Waals surface area contributed by atoms with E-state index >= 15 is 0 Å². The summed E-state index contributed by atoms with van der Waals surface area (Å²) in [6, 6.07) is 9.95. The van der Waals surface area contributed by atoms with Crippen molar-refractivity contribution in [2.24, 2.45) is 5.92 Å². The van der Waals surface area contributed by atoms with Gasteiger partial charge in [-0.05, 0) is 42.5 Å².